The molecule has 0 saturated carbocycles. The molecule has 7 heavy (non-hydrogen) atoms. The highest BCUT2D eigenvalue weighted by molar-refractivity contribution is 4.31. The summed E-state index contributed by atoms with van der Waals surface area (Å²) in [7, 11) is 0. The van der Waals surface area contributed by atoms with Crippen LogP contribution in [0, 0.1) is 0 Å². The Morgan fingerprint density at radius 2 is 1.14 bits per heavy atom. The first-order chi connectivity index (χ1) is 2.91. The Bertz CT molecular complexity index is 16.1. The second-order valence-electron chi connectivity index (χ2n) is 1.71. The highest BCUT2D eigenvalue weighted by atomic mass is 14.0. The minimum Gasteiger partial charge on any atom is -0.344 e. The predicted molar refractivity (Wildman–Crippen MR) is 34.8 cm³/mol. The maximum absolute atomic E-state index is 2.23. The van der Waals surface area contributed by atoms with Crippen LogP contribution in [-0.2, 0) is 0 Å². The summed E-state index contributed by atoms with van der Waals surface area (Å²) in [5, 5.41) is 0. The summed E-state index contributed by atoms with van der Waals surface area (Å²) in [5.41, 5.74) is 0. The van der Waals surface area contributed by atoms with E-state index in [1.165, 1.54) is 25.7 Å². The van der Waals surface area contributed by atoms with Crippen molar-refractivity contribution in [1.29, 1.82) is 0 Å². The van der Waals surface area contributed by atoms with E-state index in [0.29, 0.717) is 0 Å². The molecule has 0 heterocycles. The van der Waals surface area contributed by atoms with E-state index < -0.39 is 0 Å². The first kappa shape index (κ1) is 10.0. The van der Waals surface area contributed by atoms with Crippen LogP contribution >= 0.6 is 0 Å². The lowest BCUT2D eigenvalue weighted by molar-refractivity contribution is 0.702. The molecule has 0 aromatic heterocycles. The maximum atomic E-state index is 2.23. The summed E-state index contributed by atoms with van der Waals surface area (Å²) >= 11 is 0. The Hall–Kier alpha value is -0.0400. The van der Waals surface area contributed by atoms with E-state index in [1.807, 2.05) is 0 Å². The Kier molecular flexibility index (Phi) is 13.4. The normalized spacial score (nSPS) is 7.71. The van der Waals surface area contributed by atoms with Crippen LogP contribution in [0.4, 0.5) is 0 Å². The molecular weight excluding hydrogens is 86.1 g/mol. The van der Waals surface area contributed by atoms with Gasteiger partial charge >= 0.3 is 0 Å². The van der Waals surface area contributed by atoms with Crippen molar-refractivity contribution in [1.82, 2.24) is 6.15 Å². The van der Waals surface area contributed by atoms with Crippen LogP contribution in [-0.4, -0.2) is 0 Å². The van der Waals surface area contributed by atoms with Crippen molar-refractivity contribution in [3.8, 4) is 0 Å². The molecule has 0 spiro atoms. The lowest BCUT2D eigenvalue weighted by atomic mass is 10.2. The Balaban J connectivity index is 0. The monoisotopic (exact) mass is 103 g/mol. The van der Waals surface area contributed by atoms with Crippen molar-refractivity contribution in [2.75, 3.05) is 0 Å². The number of hydrogen-bond acceptors (Lipinski definition) is 1. The Labute approximate surface area is 46.7 Å². The highest BCUT2D eigenvalue weighted by Gasteiger charge is 1.75. The predicted octanol–water partition coefficient (Wildman–Crippen LogP) is 2.75. The Morgan fingerprint density at radius 3 is 1.29 bits per heavy atom. The fraction of sp³-hybridized carbons (Fsp3) is 1.00. The van der Waals surface area contributed by atoms with Crippen molar-refractivity contribution >= 4 is 0 Å². The fourth-order valence-corrected chi connectivity index (χ4v) is 0.500. The number of rotatable bonds is 3. The molecule has 0 atom stereocenters. The van der Waals surface area contributed by atoms with E-state index in [4.69, 9.17) is 0 Å². The minimum atomic E-state index is 0. The summed E-state index contributed by atoms with van der Waals surface area (Å²) < 4.78 is 0. The molecule has 1 nitrogen and oxygen atoms in total. The van der Waals surface area contributed by atoms with Gasteiger partial charge in [-0.25, -0.2) is 0 Å². The summed E-state index contributed by atoms with van der Waals surface area (Å²) in [6.45, 7) is 4.46. The first-order valence-electron chi connectivity index (χ1n) is 2.91. The molecule has 0 aliphatic rings. The second kappa shape index (κ2) is 9.35. The molecule has 0 unspecified atom stereocenters. The summed E-state index contributed by atoms with van der Waals surface area (Å²) in [6.07, 6.45) is 5.54. The van der Waals surface area contributed by atoms with Crippen LogP contribution in [0.25, 0.3) is 0 Å². The first-order valence-corrected chi connectivity index (χ1v) is 2.91. The standard InChI is InChI=1S/C6H14.H3N/c1-3-5-6-4-2;/h3-6H2,1-2H3;1H3. The van der Waals surface area contributed by atoms with Crippen LogP contribution in [0.5, 0.6) is 0 Å². The van der Waals surface area contributed by atoms with Gasteiger partial charge in [0.1, 0.15) is 0 Å². The molecular formula is C6H17N. The molecule has 0 radical (unpaired) electrons. The lowest BCUT2D eigenvalue weighted by Gasteiger charge is -1.86. The highest BCUT2D eigenvalue weighted by Crippen LogP contribution is 1.95. The number of unbranched alkanes of at least 4 members (excludes halogenated alkanes) is 3. The quantitative estimate of drug-likeness (QED) is 0.547. The molecule has 0 amide bonds. The third-order valence-electron chi connectivity index (χ3n) is 0.957. The van der Waals surface area contributed by atoms with E-state index in [1.54, 1.807) is 0 Å². The van der Waals surface area contributed by atoms with Crippen LogP contribution in [0.3, 0.4) is 0 Å². The van der Waals surface area contributed by atoms with Gasteiger partial charge in [0.15, 0.2) is 0 Å². The largest absolute Gasteiger partial charge is 0.344 e. The topological polar surface area (TPSA) is 35.0 Å². The molecule has 0 aromatic carbocycles. The molecule has 0 bridgehead atoms. The van der Waals surface area contributed by atoms with Gasteiger partial charge in [0.25, 0.3) is 0 Å². The van der Waals surface area contributed by atoms with Gasteiger partial charge in [-0.2, -0.15) is 0 Å². The molecule has 0 fully saturated rings. The van der Waals surface area contributed by atoms with Crippen LogP contribution in [0.1, 0.15) is 39.5 Å². The van der Waals surface area contributed by atoms with Crippen LogP contribution in [0.2, 0.25) is 0 Å². The summed E-state index contributed by atoms with van der Waals surface area (Å²) in [5.74, 6) is 0. The second-order valence-corrected chi connectivity index (χ2v) is 1.71. The lowest BCUT2D eigenvalue weighted by Crippen LogP contribution is -1.66. The van der Waals surface area contributed by atoms with Gasteiger partial charge in [-0.15, -0.1) is 0 Å². The molecule has 3 N–H and O–H groups in total. The molecule has 0 rings (SSSR count). The van der Waals surface area contributed by atoms with Crippen molar-refractivity contribution in [2.24, 2.45) is 0 Å². The van der Waals surface area contributed by atoms with E-state index in [9.17, 15) is 0 Å². The number of hydrogen-bond donors (Lipinski definition) is 1. The van der Waals surface area contributed by atoms with E-state index >= 15 is 0 Å². The average Bonchev–Trinajstić information content (AvgIpc) is 1.61. The molecule has 0 aliphatic heterocycles. The van der Waals surface area contributed by atoms with Gasteiger partial charge < -0.3 is 6.15 Å². The van der Waals surface area contributed by atoms with Gasteiger partial charge in [0.05, 0.1) is 0 Å². The maximum Gasteiger partial charge on any atom is -0.0536 e. The SMILES string of the molecule is CCCCCC.N. The van der Waals surface area contributed by atoms with Gasteiger partial charge in [-0.1, -0.05) is 39.5 Å². The molecule has 0 aliphatic carbocycles. The van der Waals surface area contributed by atoms with Gasteiger partial charge in [-0.05, 0) is 0 Å². The third-order valence-corrected chi connectivity index (χ3v) is 0.957. The van der Waals surface area contributed by atoms with Crippen molar-refractivity contribution in [3.63, 3.8) is 0 Å². The van der Waals surface area contributed by atoms with Gasteiger partial charge in [-0.3, -0.25) is 0 Å². The summed E-state index contributed by atoms with van der Waals surface area (Å²) in [4.78, 5) is 0. The van der Waals surface area contributed by atoms with E-state index in [0.717, 1.165) is 0 Å². The van der Waals surface area contributed by atoms with Crippen LogP contribution in [0.15, 0.2) is 0 Å². The van der Waals surface area contributed by atoms with Crippen molar-refractivity contribution in [3.05, 3.63) is 0 Å². The van der Waals surface area contributed by atoms with Crippen molar-refractivity contribution in [2.45, 2.75) is 39.5 Å². The van der Waals surface area contributed by atoms with Crippen molar-refractivity contribution < 1.29 is 0 Å². The molecule has 0 saturated heterocycles. The zero-order valence-electron chi connectivity index (χ0n) is 5.54. The van der Waals surface area contributed by atoms with E-state index in [2.05, 4.69) is 13.8 Å². The molecule has 46 valence electrons. The zero-order chi connectivity index (χ0) is 4.83. The Morgan fingerprint density at radius 1 is 0.857 bits per heavy atom. The average molecular weight is 103 g/mol. The zero-order valence-corrected chi connectivity index (χ0v) is 5.54. The smallest absolute Gasteiger partial charge is 0.0536 e. The van der Waals surface area contributed by atoms with Gasteiger partial charge in [0, 0.05) is 0 Å². The molecule has 0 aromatic rings. The van der Waals surface area contributed by atoms with Crippen LogP contribution < -0.4 is 6.15 Å². The summed E-state index contributed by atoms with van der Waals surface area (Å²) in [6, 6.07) is 0. The van der Waals surface area contributed by atoms with Gasteiger partial charge in [0.2, 0.25) is 0 Å². The minimum absolute atomic E-state index is 0. The van der Waals surface area contributed by atoms with E-state index in [-0.39, 0.29) is 6.15 Å². The fourth-order valence-electron chi connectivity index (χ4n) is 0.500. The molecule has 1 heteroatoms. The third kappa shape index (κ3) is 10.7.